The maximum absolute atomic E-state index is 11.5. The summed E-state index contributed by atoms with van der Waals surface area (Å²) in [7, 11) is 0. The highest BCUT2D eigenvalue weighted by Gasteiger charge is 2.06. The molecule has 0 saturated heterocycles. The molecule has 1 N–H and O–H groups in total. The van der Waals surface area contributed by atoms with E-state index in [-0.39, 0.29) is 11.6 Å². The fourth-order valence-corrected chi connectivity index (χ4v) is 2.07. The molecule has 102 valence electrons. The molecule has 0 bridgehead atoms. The van der Waals surface area contributed by atoms with Crippen molar-refractivity contribution in [3.05, 3.63) is 64.1 Å². The third-order valence-electron chi connectivity index (χ3n) is 3.22. The van der Waals surface area contributed by atoms with Crippen molar-refractivity contribution in [2.45, 2.75) is 26.4 Å². The van der Waals surface area contributed by atoms with E-state index in [1.54, 1.807) is 22.8 Å². The van der Waals surface area contributed by atoms with E-state index in [0.29, 0.717) is 12.1 Å². The fraction of sp³-hybridized carbons (Fsp3) is 0.250. The standard InChI is InChI=1S/C16H17N3O/c1-3-19-11-15(7-8-16(19)20)18-12(2)14-6-4-5-13(9-14)10-17/h4-9,11-12,18H,3H2,1-2H3. The molecule has 2 rings (SSSR count). The van der Waals surface area contributed by atoms with Crippen molar-refractivity contribution in [3.63, 3.8) is 0 Å². The molecule has 0 aliphatic carbocycles. The van der Waals surface area contributed by atoms with Crippen LogP contribution in [0.5, 0.6) is 0 Å². The topological polar surface area (TPSA) is 57.8 Å². The van der Waals surface area contributed by atoms with Crippen LogP contribution in [0, 0.1) is 11.3 Å². The third kappa shape index (κ3) is 3.07. The maximum atomic E-state index is 11.5. The van der Waals surface area contributed by atoms with Crippen molar-refractivity contribution in [2.75, 3.05) is 5.32 Å². The first-order chi connectivity index (χ1) is 9.63. The van der Waals surface area contributed by atoms with Gasteiger partial charge in [0.1, 0.15) is 0 Å². The lowest BCUT2D eigenvalue weighted by atomic mass is 10.1. The number of benzene rings is 1. The summed E-state index contributed by atoms with van der Waals surface area (Å²) >= 11 is 0. The van der Waals surface area contributed by atoms with Crippen LogP contribution in [-0.4, -0.2) is 4.57 Å². The zero-order valence-corrected chi connectivity index (χ0v) is 11.6. The molecule has 0 spiro atoms. The molecule has 0 aliphatic heterocycles. The summed E-state index contributed by atoms with van der Waals surface area (Å²) in [5.41, 5.74) is 2.58. The van der Waals surface area contributed by atoms with Gasteiger partial charge in [0.05, 0.1) is 17.3 Å². The number of pyridine rings is 1. The fourth-order valence-electron chi connectivity index (χ4n) is 2.07. The molecule has 0 amide bonds. The van der Waals surface area contributed by atoms with Gasteiger partial charge in [-0.15, -0.1) is 0 Å². The van der Waals surface area contributed by atoms with Crippen molar-refractivity contribution in [1.29, 1.82) is 5.26 Å². The second-order valence-corrected chi connectivity index (χ2v) is 4.65. The number of nitriles is 1. The zero-order chi connectivity index (χ0) is 14.5. The molecule has 2 aromatic rings. The van der Waals surface area contributed by atoms with E-state index in [1.807, 2.05) is 38.2 Å². The molecule has 0 saturated carbocycles. The second-order valence-electron chi connectivity index (χ2n) is 4.65. The molecule has 1 heterocycles. The van der Waals surface area contributed by atoms with E-state index in [2.05, 4.69) is 11.4 Å². The summed E-state index contributed by atoms with van der Waals surface area (Å²) in [4.78, 5) is 11.5. The highest BCUT2D eigenvalue weighted by molar-refractivity contribution is 5.44. The highest BCUT2D eigenvalue weighted by atomic mass is 16.1. The SMILES string of the molecule is CCn1cc(NC(C)c2cccc(C#N)c2)ccc1=O. The van der Waals surface area contributed by atoms with Crippen molar-refractivity contribution >= 4 is 5.69 Å². The van der Waals surface area contributed by atoms with Crippen LogP contribution in [0.2, 0.25) is 0 Å². The van der Waals surface area contributed by atoms with E-state index < -0.39 is 0 Å². The lowest BCUT2D eigenvalue weighted by Gasteiger charge is -2.16. The van der Waals surface area contributed by atoms with Gasteiger partial charge in [0.25, 0.3) is 5.56 Å². The molecular formula is C16H17N3O. The molecule has 1 aromatic heterocycles. The van der Waals surface area contributed by atoms with Crippen LogP contribution in [0.4, 0.5) is 5.69 Å². The van der Waals surface area contributed by atoms with Gasteiger partial charge in [-0.1, -0.05) is 12.1 Å². The number of aryl methyl sites for hydroxylation is 1. The molecule has 4 nitrogen and oxygen atoms in total. The molecule has 0 fully saturated rings. The maximum Gasteiger partial charge on any atom is 0.250 e. The Morgan fingerprint density at radius 2 is 2.15 bits per heavy atom. The second kappa shape index (κ2) is 6.07. The minimum Gasteiger partial charge on any atom is -0.377 e. The Balaban J connectivity index is 2.21. The van der Waals surface area contributed by atoms with Crippen LogP contribution < -0.4 is 10.9 Å². The van der Waals surface area contributed by atoms with Crippen LogP contribution in [0.15, 0.2) is 47.4 Å². The summed E-state index contributed by atoms with van der Waals surface area (Å²) in [5, 5.41) is 12.3. The Bertz CT molecular complexity index is 697. The quantitative estimate of drug-likeness (QED) is 0.926. The number of nitrogens with zero attached hydrogens (tertiary/aromatic N) is 2. The number of aromatic nitrogens is 1. The van der Waals surface area contributed by atoms with Crippen LogP contribution in [-0.2, 0) is 6.54 Å². The number of nitrogens with one attached hydrogen (secondary N) is 1. The predicted molar refractivity (Wildman–Crippen MR) is 79.6 cm³/mol. The number of hydrogen-bond donors (Lipinski definition) is 1. The van der Waals surface area contributed by atoms with E-state index in [1.165, 1.54) is 0 Å². The smallest absolute Gasteiger partial charge is 0.250 e. The summed E-state index contributed by atoms with van der Waals surface area (Å²) in [6.45, 7) is 4.61. The van der Waals surface area contributed by atoms with E-state index in [0.717, 1.165) is 11.3 Å². The first kappa shape index (κ1) is 13.9. The van der Waals surface area contributed by atoms with Crippen LogP contribution in [0.3, 0.4) is 0 Å². The van der Waals surface area contributed by atoms with E-state index in [4.69, 9.17) is 5.26 Å². The lowest BCUT2D eigenvalue weighted by Crippen LogP contribution is -2.18. The van der Waals surface area contributed by atoms with Gasteiger partial charge in [0.15, 0.2) is 0 Å². The normalized spacial score (nSPS) is 11.7. The van der Waals surface area contributed by atoms with Gasteiger partial charge < -0.3 is 9.88 Å². The number of anilines is 1. The van der Waals surface area contributed by atoms with Gasteiger partial charge in [-0.3, -0.25) is 4.79 Å². The molecule has 20 heavy (non-hydrogen) atoms. The molecule has 4 heteroatoms. The molecule has 0 aliphatic rings. The minimum absolute atomic E-state index is 0.00261. The Kier molecular flexibility index (Phi) is 4.21. The zero-order valence-electron chi connectivity index (χ0n) is 11.6. The Labute approximate surface area is 118 Å². The van der Waals surface area contributed by atoms with E-state index in [9.17, 15) is 4.79 Å². The Morgan fingerprint density at radius 3 is 2.85 bits per heavy atom. The Morgan fingerprint density at radius 1 is 1.35 bits per heavy atom. The monoisotopic (exact) mass is 267 g/mol. The summed E-state index contributed by atoms with van der Waals surface area (Å²) in [6.07, 6.45) is 1.81. The minimum atomic E-state index is -0.00261. The summed E-state index contributed by atoms with van der Waals surface area (Å²) < 4.78 is 1.65. The number of rotatable bonds is 4. The van der Waals surface area contributed by atoms with Gasteiger partial charge >= 0.3 is 0 Å². The van der Waals surface area contributed by atoms with Gasteiger partial charge in [-0.2, -0.15) is 5.26 Å². The largest absolute Gasteiger partial charge is 0.377 e. The van der Waals surface area contributed by atoms with Gasteiger partial charge in [0, 0.05) is 24.8 Å². The molecule has 1 atom stereocenters. The third-order valence-corrected chi connectivity index (χ3v) is 3.22. The molecule has 1 aromatic carbocycles. The number of hydrogen-bond acceptors (Lipinski definition) is 3. The van der Waals surface area contributed by atoms with Crippen molar-refractivity contribution in [3.8, 4) is 6.07 Å². The van der Waals surface area contributed by atoms with Gasteiger partial charge in [-0.05, 0) is 37.6 Å². The van der Waals surface area contributed by atoms with Crippen molar-refractivity contribution in [2.24, 2.45) is 0 Å². The first-order valence-corrected chi connectivity index (χ1v) is 6.61. The highest BCUT2D eigenvalue weighted by Crippen LogP contribution is 2.19. The summed E-state index contributed by atoms with van der Waals surface area (Å²) in [6, 6.07) is 13.0. The predicted octanol–water partition coefficient (Wildman–Crippen LogP) is 2.91. The molecule has 1 unspecified atom stereocenters. The van der Waals surface area contributed by atoms with Gasteiger partial charge in [-0.25, -0.2) is 0 Å². The average Bonchev–Trinajstić information content (AvgIpc) is 2.49. The lowest BCUT2D eigenvalue weighted by molar-refractivity contribution is 0.725. The first-order valence-electron chi connectivity index (χ1n) is 6.61. The average molecular weight is 267 g/mol. The van der Waals surface area contributed by atoms with Gasteiger partial charge in [0.2, 0.25) is 0 Å². The van der Waals surface area contributed by atoms with Crippen LogP contribution in [0.25, 0.3) is 0 Å². The molecule has 0 radical (unpaired) electrons. The van der Waals surface area contributed by atoms with Crippen molar-refractivity contribution in [1.82, 2.24) is 4.57 Å². The van der Waals surface area contributed by atoms with Crippen molar-refractivity contribution < 1.29 is 0 Å². The van der Waals surface area contributed by atoms with Crippen LogP contribution >= 0.6 is 0 Å². The summed E-state index contributed by atoms with van der Waals surface area (Å²) in [5.74, 6) is 0. The van der Waals surface area contributed by atoms with E-state index >= 15 is 0 Å². The molecular weight excluding hydrogens is 250 g/mol. The Hall–Kier alpha value is -2.54. The van der Waals surface area contributed by atoms with Crippen LogP contribution in [0.1, 0.15) is 31.0 Å².